The number of esters is 1. The Morgan fingerprint density at radius 2 is 0.963 bits per heavy atom. The maximum absolute atomic E-state index is 12.7. The topological polar surface area (TPSA) is 94.1 Å². The molecule has 0 radical (unpaired) electrons. The molecule has 0 saturated carbocycles. The number of ether oxygens (including phenoxy) is 2. The number of carbonyl (C=O) groups excluding carboxylic acids is 1. The van der Waals surface area contributed by atoms with Crippen molar-refractivity contribution in [2.24, 2.45) is 0 Å². The minimum atomic E-state index is -4.52. The van der Waals surface area contributed by atoms with Gasteiger partial charge in [0.1, 0.15) is 19.3 Å². The predicted octanol–water partition coefficient (Wildman–Crippen LogP) is 12.6. The normalized spacial score (nSPS) is 14.0. The molecule has 0 spiro atoms. The van der Waals surface area contributed by atoms with E-state index in [-0.39, 0.29) is 25.8 Å². The summed E-state index contributed by atoms with van der Waals surface area (Å²) in [6.07, 6.45) is 43.3. The van der Waals surface area contributed by atoms with Crippen LogP contribution in [-0.4, -0.2) is 70.7 Å². The van der Waals surface area contributed by atoms with Gasteiger partial charge in [-0.1, -0.05) is 154 Å². The molecule has 0 amide bonds. The van der Waals surface area contributed by atoms with Gasteiger partial charge in [-0.05, 0) is 64.2 Å². The molecule has 0 aromatic rings. The Balaban J connectivity index is 4.23. The second-order valence-electron chi connectivity index (χ2n) is 16.4. The molecule has 0 rings (SSSR count). The molecule has 0 aromatic heterocycles. The third kappa shape index (κ3) is 42.1. The highest BCUT2D eigenvalue weighted by Crippen LogP contribution is 2.38. The number of allylic oxidation sites excluding steroid dienone is 4. The Hall–Kier alpha value is -1.02. The smallest absolute Gasteiger partial charge is 0.306 e. The van der Waals surface area contributed by atoms with Gasteiger partial charge in [-0.3, -0.25) is 9.36 Å². The number of likely N-dealkylation sites (N-methyl/N-ethyl adjacent to an activating group) is 1. The molecule has 0 bridgehead atoms. The summed E-state index contributed by atoms with van der Waals surface area (Å²) in [5.41, 5.74) is 0. The Kier molecular flexibility index (Phi) is 38.1. The summed E-state index contributed by atoms with van der Waals surface area (Å²) in [6.45, 7) is 5.40. The molecule has 2 unspecified atom stereocenters. The van der Waals surface area contributed by atoms with Crippen LogP contribution in [0.1, 0.15) is 200 Å². The molecule has 8 nitrogen and oxygen atoms in total. The largest absolute Gasteiger partial charge is 0.756 e. The first-order chi connectivity index (χ1) is 26.1. The highest BCUT2D eigenvalue weighted by molar-refractivity contribution is 7.45. The van der Waals surface area contributed by atoms with Gasteiger partial charge in [0.05, 0.1) is 34.4 Å². The van der Waals surface area contributed by atoms with Gasteiger partial charge < -0.3 is 27.9 Å². The lowest BCUT2D eigenvalue weighted by atomic mass is 10.1. The summed E-state index contributed by atoms with van der Waals surface area (Å²) in [7, 11) is 1.35. The first kappa shape index (κ1) is 53.0. The van der Waals surface area contributed by atoms with E-state index in [0.29, 0.717) is 24.1 Å². The van der Waals surface area contributed by atoms with Crippen LogP contribution in [0.2, 0.25) is 0 Å². The molecular weight excluding hydrogens is 697 g/mol. The highest BCUT2D eigenvalue weighted by atomic mass is 31.2. The maximum atomic E-state index is 12.7. The Labute approximate surface area is 334 Å². The number of rotatable bonds is 42. The number of carbonyl (C=O) groups is 1. The number of quaternary nitrogens is 1. The van der Waals surface area contributed by atoms with Crippen molar-refractivity contribution in [3.05, 3.63) is 24.3 Å². The van der Waals surface area contributed by atoms with Crippen LogP contribution in [-0.2, 0) is 27.9 Å². The van der Waals surface area contributed by atoms with Gasteiger partial charge in [-0.15, -0.1) is 0 Å². The van der Waals surface area contributed by atoms with Gasteiger partial charge in [-0.2, -0.15) is 0 Å². The second-order valence-corrected chi connectivity index (χ2v) is 17.8. The molecule has 320 valence electrons. The van der Waals surface area contributed by atoms with Gasteiger partial charge in [0.2, 0.25) is 0 Å². The zero-order chi connectivity index (χ0) is 39.9. The third-order valence-electron chi connectivity index (χ3n) is 9.73. The van der Waals surface area contributed by atoms with Gasteiger partial charge >= 0.3 is 5.97 Å². The summed E-state index contributed by atoms with van der Waals surface area (Å²) in [5.74, 6) is -0.343. The van der Waals surface area contributed by atoms with Crippen molar-refractivity contribution in [1.29, 1.82) is 0 Å². The fourth-order valence-electron chi connectivity index (χ4n) is 6.18. The molecule has 0 aliphatic carbocycles. The van der Waals surface area contributed by atoms with Crippen LogP contribution in [0.5, 0.6) is 0 Å². The van der Waals surface area contributed by atoms with Crippen molar-refractivity contribution in [3.63, 3.8) is 0 Å². The van der Waals surface area contributed by atoms with Crippen molar-refractivity contribution in [3.8, 4) is 0 Å². The fourth-order valence-corrected chi connectivity index (χ4v) is 6.91. The van der Waals surface area contributed by atoms with E-state index in [2.05, 4.69) is 38.2 Å². The van der Waals surface area contributed by atoms with Crippen LogP contribution < -0.4 is 4.89 Å². The van der Waals surface area contributed by atoms with Gasteiger partial charge in [0.25, 0.3) is 7.82 Å². The van der Waals surface area contributed by atoms with Gasteiger partial charge in [0, 0.05) is 13.0 Å². The van der Waals surface area contributed by atoms with Crippen LogP contribution in [0, 0.1) is 0 Å². The predicted molar refractivity (Wildman–Crippen MR) is 227 cm³/mol. The third-order valence-corrected chi connectivity index (χ3v) is 10.7. The quantitative estimate of drug-likeness (QED) is 0.0200. The molecule has 0 N–H and O–H groups in total. The van der Waals surface area contributed by atoms with Crippen molar-refractivity contribution in [2.45, 2.75) is 206 Å². The summed E-state index contributed by atoms with van der Waals surface area (Å²) < 4.78 is 34.6. The molecular formula is C45H88NO7P. The Morgan fingerprint density at radius 1 is 0.556 bits per heavy atom. The summed E-state index contributed by atoms with van der Waals surface area (Å²) >= 11 is 0. The van der Waals surface area contributed by atoms with Crippen LogP contribution in [0.25, 0.3) is 0 Å². The summed E-state index contributed by atoms with van der Waals surface area (Å²) in [4.78, 5) is 25.0. The fraction of sp³-hybridized carbons (Fsp3) is 0.889. The number of hydrogen-bond acceptors (Lipinski definition) is 7. The molecule has 9 heteroatoms. The average Bonchev–Trinajstić information content (AvgIpc) is 3.12. The molecule has 0 aromatic carbocycles. The average molecular weight is 786 g/mol. The van der Waals surface area contributed by atoms with Crippen LogP contribution in [0.15, 0.2) is 24.3 Å². The van der Waals surface area contributed by atoms with Crippen LogP contribution in [0.4, 0.5) is 0 Å². The standard InChI is InChI=1S/C45H88NO7P/c1-6-8-10-12-14-16-18-20-22-23-25-27-29-31-33-35-37-40-50-42-44(43-52-54(48,49)51-41-39-46(3,4)5)53-45(47)38-36-34-32-30-28-26-24-21-19-17-15-13-11-9-7-2/h21-24,44H,6-20,25-43H2,1-5H3/b23-22-,24-21-. The van der Waals surface area contributed by atoms with E-state index in [1.165, 1.54) is 135 Å². The lowest BCUT2D eigenvalue weighted by molar-refractivity contribution is -0.870. The molecule has 54 heavy (non-hydrogen) atoms. The van der Waals surface area contributed by atoms with Crippen molar-refractivity contribution in [2.75, 3.05) is 54.1 Å². The van der Waals surface area contributed by atoms with E-state index < -0.39 is 13.9 Å². The van der Waals surface area contributed by atoms with E-state index in [0.717, 1.165) is 44.9 Å². The van der Waals surface area contributed by atoms with Crippen molar-refractivity contribution < 1.29 is 37.3 Å². The van der Waals surface area contributed by atoms with E-state index in [9.17, 15) is 14.3 Å². The minimum absolute atomic E-state index is 0.0245. The Morgan fingerprint density at radius 3 is 1.41 bits per heavy atom. The number of phosphoric ester groups is 1. The molecule has 0 aliphatic rings. The molecule has 0 heterocycles. The number of nitrogens with zero attached hydrogens (tertiary/aromatic N) is 1. The van der Waals surface area contributed by atoms with Crippen molar-refractivity contribution >= 4 is 13.8 Å². The zero-order valence-corrected chi connectivity index (χ0v) is 37.1. The Bertz CT molecular complexity index is 920. The number of phosphoric acid groups is 1. The lowest BCUT2D eigenvalue weighted by Crippen LogP contribution is -2.37. The van der Waals surface area contributed by atoms with E-state index >= 15 is 0 Å². The molecule has 0 saturated heterocycles. The molecule has 0 aliphatic heterocycles. The number of hydrogen-bond donors (Lipinski definition) is 0. The summed E-state index contributed by atoms with van der Waals surface area (Å²) in [5, 5.41) is 0. The monoisotopic (exact) mass is 786 g/mol. The van der Waals surface area contributed by atoms with Gasteiger partial charge in [-0.25, -0.2) is 0 Å². The van der Waals surface area contributed by atoms with Crippen LogP contribution >= 0.6 is 7.82 Å². The first-order valence-corrected chi connectivity index (χ1v) is 24.0. The van der Waals surface area contributed by atoms with Gasteiger partial charge in [0.15, 0.2) is 0 Å². The highest BCUT2D eigenvalue weighted by Gasteiger charge is 2.20. The molecule has 0 fully saturated rings. The van der Waals surface area contributed by atoms with E-state index in [1.807, 2.05) is 21.1 Å². The van der Waals surface area contributed by atoms with E-state index in [4.69, 9.17) is 18.5 Å². The zero-order valence-electron chi connectivity index (χ0n) is 36.2. The lowest BCUT2D eigenvalue weighted by Gasteiger charge is -2.28. The van der Waals surface area contributed by atoms with Crippen molar-refractivity contribution in [1.82, 2.24) is 0 Å². The maximum Gasteiger partial charge on any atom is 0.306 e. The van der Waals surface area contributed by atoms with E-state index in [1.54, 1.807) is 0 Å². The number of unbranched alkanes of at least 4 members (excludes halogenated alkanes) is 24. The first-order valence-electron chi connectivity index (χ1n) is 22.6. The second kappa shape index (κ2) is 38.8. The summed E-state index contributed by atoms with van der Waals surface area (Å²) in [6, 6.07) is 0. The van der Waals surface area contributed by atoms with Crippen LogP contribution in [0.3, 0.4) is 0 Å². The molecule has 2 atom stereocenters. The minimum Gasteiger partial charge on any atom is -0.756 e. The SMILES string of the molecule is CCCCCCCC/C=C\CCCCCCCC(=O)OC(COCCCCCCCC/C=C\CCCCCCCCC)COP(=O)([O-])OCC[N+](C)(C)C.